The second kappa shape index (κ2) is 7.40. The van der Waals surface area contributed by atoms with Crippen molar-refractivity contribution in [2.45, 2.75) is 25.0 Å². The van der Waals surface area contributed by atoms with Crippen LogP contribution in [-0.4, -0.2) is 28.3 Å². The number of hydrogen-bond donors (Lipinski definition) is 1. The van der Waals surface area contributed by atoms with Gasteiger partial charge in [-0.3, -0.25) is 19.3 Å². The number of fused-ring (bicyclic) bond motifs is 3. The van der Waals surface area contributed by atoms with Crippen molar-refractivity contribution in [2.24, 2.45) is 0 Å². The van der Waals surface area contributed by atoms with E-state index in [1.165, 1.54) is 4.90 Å². The molecule has 0 aromatic heterocycles. The van der Waals surface area contributed by atoms with Gasteiger partial charge < -0.3 is 10.2 Å². The molecule has 2 aliphatic rings. The summed E-state index contributed by atoms with van der Waals surface area (Å²) in [4.78, 5) is 43.5. The Balaban J connectivity index is 1.66. The Labute approximate surface area is 180 Å². The molecule has 1 saturated heterocycles. The number of rotatable bonds is 4. The van der Waals surface area contributed by atoms with Gasteiger partial charge in [-0.15, -0.1) is 0 Å². The summed E-state index contributed by atoms with van der Waals surface area (Å²) in [5.74, 6) is -0.807. The number of carbonyl (C=O) groups is 3. The van der Waals surface area contributed by atoms with Crippen LogP contribution in [0.4, 0.5) is 11.4 Å². The second-order valence-electron chi connectivity index (χ2n) is 7.76. The van der Waals surface area contributed by atoms with E-state index in [4.69, 9.17) is 0 Å². The lowest BCUT2D eigenvalue weighted by atomic mass is 9.94. The van der Waals surface area contributed by atoms with Gasteiger partial charge in [0.2, 0.25) is 11.6 Å². The quantitative estimate of drug-likeness (QED) is 0.710. The number of benzene rings is 3. The van der Waals surface area contributed by atoms with Crippen molar-refractivity contribution in [3.63, 3.8) is 0 Å². The van der Waals surface area contributed by atoms with Crippen molar-refractivity contribution >= 4 is 29.1 Å². The summed E-state index contributed by atoms with van der Waals surface area (Å²) < 4.78 is 0. The van der Waals surface area contributed by atoms with Gasteiger partial charge >= 0.3 is 0 Å². The highest BCUT2D eigenvalue weighted by molar-refractivity contribution is 6.18. The summed E-state index contributed by atoms with van der Waals surface area (Å²) in [6.45, 7) is 0.222. The lowest BCUT2D eigenvalue weighted by molar-refractivity contribution is -0.129. The summed E-state index contributed by atoms with van der Waals surface area (Å²) in [6, 6.07) is 25.6. The molecule has 2 heterocycles. The van der Waals surface area contributed by atoms with Gasteiger partial charge in [0.05, 0.1) is 11.3 Å². The van der Waals surface area contributed by atoms with E-state index in [9.17, 15) is 14.4 Å². The summed E-state index contributed by atoms with van der Waals surface area (Å²) >= 11 is 0. The van der Waals surface area contributed by atoms with Crippen molar-refractivity contribution in [3.05, 3.63) is 96.1 Å². The Morgan fingerprint density at radius 3 is 2.26 bits per heavy atom. The van der Waals surface area contributed by atoms with Gasteiger partial charge in [0.1, 0.15) is 0 Å². The fraction of sp³-hybridized carbons (Fsp3) is 0.160. The van der Waals surface area contributed by atoms with Gasteiger partial charge in [-0.1, -0.05) is 60.7 Å². The molecule has 0 bridgehead atoms. The number of hydrogen-bond acceptors (Lipinski definition) is 3. The fourth-order valence-corrected chi connectivity index (χ4v) is 4.52. The summed E-state index contributed by atoms with van der Waals surface area (Å²) in [7, 11) is 0. The molecule has 6 nitrogen and oxygen atoms in total. The maximum Gasteiger partial charge on any atom is 0.271 e. The van der Waals surface area contributed by atoms with Gasteiger partial charge in [-0.05, 0) is 29.8 Å². The minimum absolute atomic E-state index is 0.166. The molecule has 6 heteroatoms. The van der Waals surface area contributed by atoms with E-state index in [1.54, 1.807) is 41.3 Å². The number of para-hydroxylation sites is 2. The van der Waals surface area contributed by atoms with E-state index < -0.39 is 5.66 Å². The standard InChI is InChI=1S/C25H21N3O3/c29-22-15-16-25(24(31)26-19-11-5-2-6-12-19)27(17-18-9-3-1-4-10-18)23(30)20-13-7-8-14-21(20)28(22)25/h1-14H,15-17H2,(H,26,31)/t25-/m0/s1. The average molecular weight is 411 g/mol. The van der Waals surface area contributed by atoms with Crippen LogP contribution in [0.25, 0.3) is 0 Å². The first kappa shape index (κ1) is 19.1. The molecule has 5 rings (SSSR count). The van der Waals surface area contributed by atoms with E-state index in [2.05, 4.69) is 5.32 Å². The molecular weight excluding hydrogens is 390 g/mol. The highest BCUT2D eigenvalue weighted by Crippen LogP contribution is 2.45. The Bertz CT molecular complexity index is 1160. The molecule has 0 radical (unpaired) electrons. The summed E-state index contributed by atoms with van der Waals surface area (Å²) in [5.41, 5.74) is 1.00. The normalized spacial score (nSPS) is 19.7. The smallest absolute Gasteiger partial charge is 0.271 e. The van der Waals surface area contributed by atoms with Gasteiger partial charge in [0.15, 0.2) is 0 Å². The maximum absolute atomic E-state index is 13.8. The zero-order chi connectivity index (χ0) is 21.4. The topological polar surface area (TPSA) is 69.7 Å². The Morgan fingerprint density at radius 1 is 0.871 bits per heavy atom. The van der Waals surface area contributed by atoms with Crippen LogP contribution in [-0.2, 0) is 16.1 Å². The van der Waals surface area contributed by atoms with E-state index >= 15 is 0 Å². The average Bonchev–Trinajstić information content (AvgIpc) is 3.16. The highest BCUT2D eigenvalue weighted by Gasteiger charge is 2.60. The molecule has 1 fully saturated rings. The first-order chi connectivity index (χ1) is 15.1. The monoisotopic (exact) mass is 411 g/mol. The predicted octanol–water partition coefficient (Wildman–Crippen LogP) is 3.80. The molecule has 1 N–H and O–H groups in total. The van der Waals surface area contributed by atoms with Gasteiger partial charge in [0, 0.05) is 25.1 Å². The third-order valence-corrected chi connectivity index (χ3v) is 5.95. The minimum atomic E-state index is -1.42. The number of nitrogens with one attached hydrogen (secondary N) is 1. The van der Waals surface area contributed by atoms with Crippen molar-refractivity contribution in [3.8, 4) is 0 Å². The van der Waals surface area contributed by atoms with Crippen LogP contribution in [0, 0.1) is 0 Å². The second-order valence-corrected chi connectivity index (χ2v) is 7.76. The maximum atomic E-state index is 13.8. The summed E-state index contributed by atoms with van der Waals surface area (Å²) in [5, 5.41) is 2.93. The Morgan fingerprint density at radius 2 is 1.52 bits per heavy atom. The minimum Gasteiger partial charge on any atom is -0.322 e. The molecule has 3 amide bonds. The van der Waals surface area contributed by atoms with Crippen molar-refractivity contribution in [2.75, 3.05) is 10.2 Å². The molecule has 3 aromatic rings. The van der Waals surface area contributed by atoms with E-state index in [0.29, 0.717) is 16.9 Å². The molecule has 0 saturated carbocycles. The van der Waals surface area contributed by atoms with Crippen LogP contribution >= 0.6 is 0 Å². The molecule has 0 spiro atoms. The van der Waals surface area contributed by atoms with Gasteiger partial charge in [0.25, 0.3) is 11.8 Å². The largest absolute Gasteiger partial charge is 0.322 e. The number of amides is 3. The number of anilines is 2. The first-order valence-electron chi connectivity index (χ1n) is 10.3. The van der Waals surface area contributed by atoms with Crippen LogP contribution in [0.2, 0.25) is 0 Å². The Hall–Kier alpha value is -3.93. The third-order valence-electron chi connectivity index (χ3n) is 5.95. The van der Waals surface area contributed by atoms with Crippen LogP contribution in [0.3, 0.4) is 0 Å². The van der Waals surface area contributed by atoms with Crippen LogP contribution in [0.5, 0.6) is 0 Å². The molecule has 0 aliphatic carbocycles. The molecule has 1 atom stereocenters. The Kier molecular flexibility index (Phi) is 4.55. The molecule has 3 aromatic carbocycles. The van der Waals surface area contributed by atoms with Crippen molar-refractivity contribution in [1.82, 2.24) is 4.90 Å². The zero-order valence-corrected chi connectivity index (χ0v) is 16.8. The van der Waals surface area contributed by atoms with Crippen LogP contribution in [0.1, 0.15) is 28.8 Å². The molecule has 0 unspecified atom stereocenters. The zero-order valence-electron chi connectivity index (χ0n) is 16.8. The van der Waals surface area contributed by atoms with E-state index in [1.807, 2.05) is 48.5 Å². The van der Waals surface area contributed by atoms with Crippen LogP contribution < -0.4 is 10.2 Å². The SMILES string of the molecule is O=C1c2ccccc2N2C(=O)CC[C@]2(C(=O)Nc2ccccc2)N1Cc1ccccc1. The molecule has 154 valence electrons. The van der Waals surface area contributed by atoms with E-state index in [0.717, 1.165) is 5.56 Å². The van der Waals surface area contributed by atoms with Crippen molar-refractivity contribution in [1.29, 1.82) is 0 Å². The summed E-state index contributed by atoms with van der Waals surface area (Å²) in [6.07, 6.45) is 0.423. The molecular formula is C25H21N3O3. The number of nitrogens with zero attached hydrogens (tertiary/aromatic N) is 2. The first-order valence-corrected chi connectivity index (χ1v) is 10.3. The van der Waals surface area contributed by atoms with Crippen LogP contribution in [0.15, 0.2) is 84.9 Å². The van der Waals surface area contributed by atoms with Gasteiger partial charge in [-0.25, -0.2) is 0 Å². The lowest BCUT2D eigenvalue weighted by Gasteiger charge is -2.49. The number of carbonyl (C=O) groups excluding carboxylic acids is 3. The third kappa shape index (κ3) is 2.99. The predicted molar refractivity (Wildman–Crippen MR) is 117 cm³/mol. The molecule has 31 heavy (non-hydrogen) atoms. The van der Waals surface area contributed by atoms with Crippen molar-refractivity contribution < 1.29 is 14.4 Å². The lowest BCUT2D eigenvalue weighted by Crippen LogP contribution is -2.69. The molecule has 2 aliphatic heterocycles. The highest BCUT2D eigenvalue weighted by atomic mass is 16.2. The van der Waals surface area contributed by atoms with Gasteiger partial charge in [-0.2, -0.15) is 0 Å². The fourth-order valence-electron chi connectivity index (χ4n) is 4.52. The van der Waals surface area contributed by atoms with E-state index in [-0.39, 0.29) is 37.1 Å².